The predicted octanol–water partition coefficient (Wildman–Crippen LogP) is 0.0963. The van der Waals surface area contributed by atoms with Crippen molar-refractivity contribution in [1.82, 2.24) is 9.97 Å². The number of aromatic nitrogens is 2. The number of nitrogens with zero attached hydrogens (tertiary/aromatic N) is 3. The molecule has 1 aromatic heterocycles. The van der Waals surface area contributed by atoms with Crippen molar-refractivity contribution in [3.8, 4) is 0 Å². The minimum Gasteiger partial charge on any atom is -0.550 e. The first-order valence-electron chi connectivity index (χ1n) is 5.11. The van der Waals surface area contributed by atoms with Crippen LogP contribution >= 0.6 is 11.6 Å². The summed E-state index contributed by atoms with van der Waals surface area (Å²) in [5, 5.41) is 10.9. The maximum Gasteiger partial charge on any atom is 0.224 e. The van der Waals surface area contributed by atoms with Crippen LogP contribution in [-0.4, -0.2) is 29.0 Å². The number of rotatable bonds is 2. The van der Waals surface area contributed by atoms with Crippen LogP contribution in [0.25, 0.3) is 0 Å². The topological polar surface area (TPSA) is 69.2 Å². The second-order valence-corrected chi connectivity index (χ2v) is 4.10. The molecule has 6 heteroatoms. The van der Waals surface area contributed by atoms with Gasteiger partial charge in [-0.1, -0.05) is 0 Å². The monoisotopic (exact) mass is 240 g/mol. The molecule has 0 aliphatic carbocycles. The number of halogens is 1. The first kappa shape index (κ1) is 11.1. The lowest BCUT2D eigenvalue weighted by Crippen LogP contribution is -2.41. The summed E-state index contributed by atoms with van der Waals surface area (Å²) < 4.78 is 0. The Morgan fingerprint density at radius 3 is 2.75 bits per heavy atom. The van der Waals surface area contributed by atoms with Gasteiger partial charge >= 0.3 is 0 Å². The molecule has 0 spiro atoms. The van der Waals surface area contributed by atoms with Crippen molar-refractivity contribution in [2.75, 3.05) is 18.0 Å². The molecule has 0 amide bonds. The Labute approximate surface area is 98.1 Å². The van der Waals surface area contributed by atoms with Gasteiger partial charge in [-0.2, -0.15) is 0 Å². The van der Waals surface area contributed by atoms with Crippen LogP contribution in [0.5, 0.6) is 0 Å². The van der Waals surface area contributed by atoms with E-state index in [2.05, 4.69) is 9.97 Å². The SMILES string of the molecule is O=C([O-])C1CCN(c2ccnc(Cl)n2)CC1. The second-order valence-electron chi connectivity index (χ2n) is 3.76. The second kappa shape index (κ2) is 4.65. The predicted molar refractivity (Wildman–Crippen MR) is 57.0 cm³/mol. The summed E-state index contributed by atoms with van der Waals surface area (Å²) in [4.78, 5) is 20.6. The van der Waals surface area contributed by atoms with Crippen molar-refractivity contribution >= 4 is 23.4 Å². The highest BCUT2D eigenvalue weighted by Gasteiger charge is 2.20. The number of carboxylic acid groups (broad SMARTS) is 1. The van der Waals surface area contributed by atoms with E-state index in [1.165, 1.54) is 0 Å². The van der Waals surface area contributed by atoms with Crippen LogP contribution in [0.3, 0.4) is 0 Å². The van der Waals surface area contributed by atoms with E-state index < -0.39 is 5.97 Å². The molecule has 86 valence electrons. The molecule has 5 nitrogen and oxygen atoms in total. The smallest absolute Gasteiger partial charge is 0.224 e. The maximum atomic E-state index is 10.7. The molecule has 0 atom stereocenters. The molecule has 0 radical (unpaired) electrons. The van der Waals surface area contributed by atoms with Crippen molar-refractivity contribution in [1.29, 1.82) is 0 Å². The summed E-state index contributed by atoms with van der Waals surface area (Å²) in [6.45, 7) is 1.32. The van der Waals surface area contributed by atoms with Gasteiger partial charge in [0.25, 0.3) is 0 Å². The molecule has 16 heavy (non-hydrogen) atoms. The third-order valence-electron chi connectivity index (χ3n) is 2.76. The first-order chi connectivity index (χ1) is 7.66. The fourth-order valence-electron chi connectivity index (χ4n) is 1.85. The lowest BCUT2D eigenvalue weighted by molar-refractivity contribution is -0.312. The van der Waals surface area contributed by atoms with Crippen LogP contribution in [0.2, 0.25) is 5.28 Å². The Balaban J connectivity index is 2.01. The van der Waals surface area contributed by atoms with E-state index in [-0.39, 0.29) is 11.2 Å². The number of carbonyl (C=O) groups is 1. The van der Waals surface area contributed by atoms with Crippen molar-refractivity contribution in [3.63, 3.8) is 0 Å². The third-order valence-corrected chi connectivity index (χ3v) is 2.95. The van der Waals surface area contributed by atoms with E-state index in [1.807, 2.05) is 4.90 Å². The van der Waals surface area contributed by atoms with Crippen molar-refractivity contribution in [2.24, 2.45) is 5.92 Å². The van der Waals surface area contributed by atoms with E-state index in [1.54, 1.807) is 12.3 Å². The first-order valence-corrected chi connectivity index (χ1v) is 5.49. The van der Waals surface area contributed by atoms with E-state index in [0.29, 0.717) is 25.9 Å². The van der Waals surface area contributed by atoms with Crippen LogP contribution in [0.1, 0.15) is 12.8 Å². The lowest BCUT2D eigenvalue weighted by atomic mass is 9.97. The molecular weight excluding hydrogens is 230 g/mol. The van der Waals surface area contributed by atoms with Crippen LogP contribution in [0, 0.1) is 5.92 Å². The molecule has 0 bridgehead atoms. The zero-order valence-electron chi connectivity index (χ0n) is 8.60. The highest BCUT2D eigenvalue weighted by Crippen LogP contribution is 2.21. The van der Waals surface area contributed by atoms with Gasteiger partial charge < -0.3 is 14.8 Å². The van der Waals surface area contributed by atoms with Crippen molar-refractivity contribution < 1.29 is 9.90 Å². The fourth-order valence-corrected chi connectivity index (χ4v) is 1.99. The molecule has 1 aliphatic rings. The normalized spacial score (nSPS) is 17.4. The lowest BCUT2D eigenvalue weighted by Gasteiger charge is -2.33. The number of piperidine rings is 1. The summed E-state index contributed by atoms with van der Waals surface area (Å²) >= 11 is 5.69. The van der Waals surface area contributed by atoms with Gasteiger partial charge in [0.1, 0.15) is 5.82 Å². The average molecular weight is 241 g/mol. The van der Waals surface area contributed by atoms with Crippen molar-refractivity contribution in [3.05, 3.63) is 17.5 Å². The summed E-state index contributed by atoms with van der Waals surface area (Å²) in [5.41, 5.74) is 0. The number of carboxylic acids is 1. The Bertz CT molecular complexity index is 391. The summed E-state index contributed by atoms with van der Waals surface area (Å²) in [7, 11) is 0. The van der Waals surface area contributed by atoms with Crippen LogP contribution < -0.4 is 10.0 Å². The minimum atomic E-state index is -0.958. The van der Waals surface area contributed by atoms with E-state index in [9.17, 15) is 9.90 Å². The molecule has 2 rings (SSSR count). The molecule has 0 aromatic carbocycles. The number of aliphatic carboxylic acids is 1. The van der Waals surface area contributed by atoms with Gasteiger partial charge in [-0.3, -0.25) is 0 Å². The van der Waals surface area contributed by atoms with E-state index >= 15 is 0 Å². The third kappa shape index (κ3) is 2.41. The summed E-state index contributed by atoms with van der Waals surface area (Å²) in [6.07, 6.45) is 2.77. The van der Waals surface area contributed by atoms with Gasteiger partial charge in [-0.25, -0.2) is 9.97 Å². The number of anilines is 1. The number of hydrogen-bond acceptors (Lipinski definition) is 5. The molecule has 2 heterocycles. The van der Waals surface area contributed by atoms with Crippen LogP contribution in [-0.2, 0) is 4.79 Å². The van der Waals surface area contributed by atoms with Crippen LogP contribution in [0.15, 0.2) is 12.3 Å². The zero-order valence-corrected chi connectivity index (χ0v) is 9.35. The molecule has 1 aromatic rings. The largest absolute Gasteiger partial charge is 0.550 e. The summed E-state index contributed by atoms with van der Waals surface area (Å²) in [6, 6.07) is 1.77. The zero-order chi connectivity index (χ0) is 11.5. The van der Waals surface area contributed by atoms with E-state index in [4.69, 9.17) is 11.6 Å². The van der Waals surface area contributed by atoms with Crippen LogP contribution in [0.4, 0.5) is 5.82 Å². The molecule has 1 aliphatic heterocycles. The Morgan fingerprint density at radius 1 is 1.50 bits per heavy atom. The molecule has 0 N–H and O–H groups in total. The average Bonchev–Trinajstić information content (AvgIpc) is 2.29. The Kier molecular flexibility index (Phi) is 3.24. The maximum absolute atomic E-state index is 10.7. The van der Waals surface area contributed by atoms with Gasteiger partial charge in [0.15, 0.2) is 0 Å². The molecule has 0 unspecified atom stereocenters. The standard InChI is InChI=1S/C10H12ClN3O2/c11-10-12-4-1-8(13-10)14-5-2-7(3-6-14)9(15)16/h1,4,7H,2-3,5-6H2,(H,15,16)/p-1. The quantitative estimate of drug-likeness (QED) is 0.686. The van der Waals surface area contributed by atoms with Gasteiger partial charge in [-0.05, 0) is 30.5 Å². The highest BCUT2D eigenvalue weighted by molar-refractivity contribution is 6.28. The minimum absolute atomic E-state index is 0.208. The van der Waals surface area contributed by atoms with Gasteiger partial charge in [0, 0.05) is 31.2 Å². The van der Waals surface area contributed by atoms with Gasteiger partial charge in [0.05, 0.1) is 0 Å². The summed E-state index contributed by atoms with van der Waals surface area (Å²) in [5.74, 6) is -0.550. The Hall–Kier alpha value is -1.36. The molecule has 0 saturated carbocycles. The highest BCUT2D eigenvalue weighted by atomic mass is 35.5. The van der Waals surface area contributed by atoms with Crippen molar-refractivity contribution in [2.45, 2.75) is 12.8 Å². The van der Waals surface area contributed by atoms with Gasteiger partial charge in [-0.15, -0.1) is 0 Å². The number of carbonyl (C=O) groups excluding carboxylic acids is 1. The van der Waals surface area contributed by atoms with E-state index in [0.717, 1.165) is 5.82 Å². The molecule has 1 fully saturated rings. The Morgan fingerprint density at radius 2 is 2.19 bits per heavy atom. The van der Waals surface area contributed by atoms with Gasteiger partial charge in [0.2, 0.25) is 5.28 Å². The number of hydrogen-bond donors (Lipinski definition) is 0. The fraction of sp³-hybridized carbons (Fsp3) is 0.500. The molecular formula is C10H11ClN3O2-. The molecule has 1 saturated heterocycles.